The van der Waals surface area contributed by atoms with Crippen molar-refractivity contribution in [3.05, 3.63) is 34.8 Å². The number of halogens is 1. The van der Waals surface area contributed by atoms with E-state index < -0.39 is 5.91 Å². The molecule has 0 saturated carbocycles. The molecule has 8 heteroatoms. The first kappa shape index (κ1) is 18.1. The summed E-state index contributed by atoms with van der Waals surface area (Å²) in [5.41, 5.74) is 6.21. The number of nitrogens with zero attached hydrogens (tertiary/aromatic N) is 2. The van der Waals surface area contributed by atoms with Crippen LogP contribution in [0.15, 0.2) is 24.1 Å². The Hall–Kier alpha value is -2.28. The van der Waals surface area contributed by atoms with E-state index in [2.05, 4.69) is 10.3 Å². The molecule has 2 amide bonds. The monoisotopic (exact) mass is 352 g/mol. The number of primary amides is 1. The van der Waals surface area contributed by atoms with Gasteiger partial charge in [0.1, 0.15) is 10.9 Å². The molecule has 1 aliphatic rings. The minimum Gasteiger partial charge on any atom is -0.415 e. The lowest BCUT2D eigenvalue weighted by atomic mass is 10.0. The molecular formula is C16H21ClN4O3. The van der Waals surface area contributed by atoms with Crippen molar-refractivity contribution in [2.45, 2.75) is 32.7 Å². The Morgan fingerprint density at radius 3 is 2.71 bits per heavy atom. The molecule has 1 aromatic rings. The van der Waals surface area contributed by atoms with Crippen molar-refractivity contribution in [2.24, 2.45) is 5.73 Å². The molecule has 0 aromatic carbocycles. The lowest BCUT2D eigenvalue weighted by Gasteiger charge is -2.32. The molecule has 2 rings (SSSR count). The SMILES string of the molecule is C/C=C(/C)OC(=O)N1CCC(Nc2cc(Cl)ncc2C(N)=O)CC1. The second-order valence-corrected chi connectivity index (χ2v) is 5.98. The van der Waals surface area contributed by atoms with Crippen molar-refractivity contribution in [3.63, 3.8) is 0 Å². The number of nitrogens with two attached hydrogens (primary N) is 1. The third-order valence-electron chi connectivity index (χ3n) is 3.90. The molecule has 1 aliphatic heterocycles. The van der Waals surface area contributed by atoms with E-state index in [1.54, 1.807) is 24.0 Å². The number of carbonyl (C=O) groups excluding carboxylic acids is 2. The molecule has 24 heavy (non-hydrogen) atoms. The fourth-order valence-electron chi connectivity index (χ4n) is 2.43. The maximum Gasteiger partial charge on any atom is 0.414 e. The van der Waals surface area contributed by atoms with Gasteiger partial charge in [-0.1, -0.05) is 11.6 Å². The lowest BCUT2D eigenvalue weighted by molar-refractivity contribution is 0.100. The summed E-state index contributed by atoms with van der Waals surface area (Å²) in [6, 6.07) is 1.69. The summed E-state index contributed by atoms with van der Waals surface area (Å²) >= 11 is 5.89. The van der Waals surface area contributed by atoms with Crippen LogP contribution in [0.5, 0.6) is 0 Å². The minimum atomic E-state index is -0.565. The molecule has 1 aromatic heterocycles. The predicted molar refractivity (Wildman–Crippen MR) is 91.9 cm³/mol. The normalized spacial score (nSPS) is 16.0. The first-order valence-corrected chi connectivity index (χ1v) is 8.10. The van der Waals surface area contributed by atoms with Crippen molar-refractivity contribution in [1.82, 2.24) is 9.88 Å². The van der Waals surface area contributed by atoms with Crippen LogP contribution in [-0.4, -0.2) is 41.0 Å². The first-order valence-electron chi connectivity index (χ1n) is 7.72. The third-order valence-corrected chi connectivity index (χ3v) is 4.11. The summed E-state index contributed by atoms with van der Waals surface area (Å²) < 4.78 is 5.20. The van der Waals surface area contributed by atoms with Gasteiger partial charge in [-0.25, -0.2) is 9.78 Å². The number of allylic oxidation sites excluding steroid dienone is 2. The van der Waals surface area contributed by atoms with Gasteiger partial charge in [0.05, 0.1) is 11.3 Å². The topological polar surface area (TPSA) is 97.6 Å². The molecule has 2 heterocycles. The quantitative estimate of drug-likeness (QED) is 0.641. The third kappa shape index (κ3) is 4.61. The molecule has 7 nitrogen and oxygen atoms in total. The highest BCUT2D eigenvalue weighted by Crippen LogP contribution is 2.22. The molecule has 1 saturated heterocycles. The number of hydrogen-bond donors (Lipinski definition) is 2. The highest BCUT2D eigenvalue weighted by molar-refractivity contribution is 6.29. The largest absolute Gasteiger partial charge is 0.415 e. The fourth-order valence-corrected chi connectivity index (χ4v) is 2.59. The van der Waals surface area contributed by atoms with Crippen LogP contribution in [0.4, 0.5) is 10.5 Å². The number of ether oxygens (including phenoxy) is 1. The zero-order chi connectivity index (χ0) is 17.7. The Balaban J connectivity index is 1.95. The number of nitrogens with one attached hydrogen (secondary N) is 1. The van der Waals surface area contributed by atoms with Gasteiger partial charge < -0.3 is 20.7 Å². The average Bonchev–Trinajstić information content (AvgIpc) is 2.55. The number of carbonyl (C=O) groups is 2. The van der Waals surface area contributed by atoms with Gasteiger partial charge in [-0.15, -0.1) is 0 Å². The standard InChI is InChI=1S/C16H21ClN4O3/c1-3-10(2)24-16(23)21-6-4-11(5-7-21)20-13-8-14(17)19-9-12(13)15(18)22/h3,8-9,11H,4-7H2,1-2H3,(H2,18,22)(H,19,20)/b10-3-. The Kier molecular flexibility index (Phi) is 6.03. The summed E-state index contributed by atoms with van der Waals surface area (Å²) in [5, 5.41) is 3.55. The number of anilines is 1. The second kappa shape index (κ2) is 8.01. The molecule has 0 atom stereocenters. The maximum absolute atomic E-state index is 12.0. The Bertz CT molecular complexity index is 655. The van der Waals surface area contributed by atoms with Gasteiger partial charge in [-0.2, -0.15) is 0 Å². The van der Waals surface area contributed by atoms with Gasteiger partial charge in [0, 0.05) is 25.3 Å². The van der Waals surface area contributed by atoms with E-state index in [0.29, 0.717) is 30.1 Å². The summed E-state index contributed by atoms with van der Waals surface area (Å²) in [5.74, 6) is 0.0160. The number of hydrogen-bond acceptors (Lipinski definition) is 5. The Morgan fingerprint density at radius 1 is 1.46 bits per heavy atom. The molecule has 0 aliphatic carbocycles. The molecule has 0 radical (unpaired) electrons. The van der Waals surface area contributed by atoms with Gasteiger partial charge in [-0.3, -0.25) is 4.79 Å². The second-order valence-electron chi connectivity index (χ2n) is 5.59. The van der Waals surface area contributed by atoms with E-state index in [0.717, 1.165) is 12.8 Å². The lowest BCUT2D eigenvalue weighted by Crippen LogP contribution is -2.42. The van der Waals surface area contributed by atoms with Gasteiger partial charge in [0.15, 0.2) is 0 Å². The van der Waals surface area contributed by atoms with Crippen molar-refractivity contribution in [3.8, 4) is 0 Å². The number of rotatable bonds is 4. The van der Waals surface area contributed by atoms with Gasteiger partial charge in [0.2, 0.25) is 0 Å². The van der Waals surface area contributed by atoms with Gasteiger partial charge in [-0.05, 0) is 38.8 Å². The Labute approximate surface area is 145 Å². The molecule has 1 fully saturated rings. The van der Waals surface area contributed by atoms with Crippen LogP contribution in [0.25, 0.3) is 0 Å². The van der Waals surface area contributed by atoms with E-state index in [1.807, 2.05) is 6.92 Å². The van der Waals surface area contributed by atoms with Gasteiger partial charge >= 0.3 is 6.09 Å². The average molecular weight is 353 g/mol. The summed E-state index contributed by atoms with van der Waals surface area (Å²) in [6.45, 7) is 4.69. The summed E-state index contributed by atoms with van der Waals surface area (Å²) in [4.78, 5) is 29.0. The predicted octanol–water partition coefficient (Wildman–Crippen LogP) is 2.77. The number of aromatic nitrogens is 1. The molecule has 3 N–H and O–H groups in total. The first-order chi connectivity index (χ1) is 11.4. The molecule has 0 unspecified atom stereocenters. The Morgan fingerprint density at radius 2 is 2.12 bits per heavy atom. The highest BCUT2D eigenvalue weighted by Gasteiger charge is 2.25. The van der Waals surface area contributed by atoms with Crippen molar-refractivity contribution in [1.29, 1.82) is 0 Å². The van der Waals surface area contributed by atoms with Gasteiger partial charge in [0.25, 0.3) is 5.91 Å². The van der Waals surface area contributed by atoms with Crippen LogP contribution in [0.2, 0.25) is 5.15 Å². The van der Waals surface area contributed by atoms with Crippen LogP contribution in [-0.2, 0) is 4.74 Å². The van der Waals surface area contributed by atoms with Crippen LogP contribution < -0.4 is 11.1 Å². The van der Waals surface area contributed by atoms with Crippen molar-refractivity contribution in [2.75, 3.05) is 18.4 Å². The fraction of sp³-hybridized carbons (Fsp3) is 0.438. The molecule has 0 bridgehead atoms. The van der Waals surface area contributed by atoms with E-state index in [1.165, 1.54) is 6.20 Å². The zero-order valence-electron chi connectivity index (χ0n) is 13.7. The maximum atomic E-state index is 12.0. The van der Waals surface area contributed by atoms with E-state index in [4.69, 9.17) is 22.1 Å². The van der Waals surface area contributed by atoms with E-state index >= 15 is 0 Å². The zero-order valence-corrected chi connectivity index (χ0v) is 14.5. The summed E-state index contributed by atoms with van der Waals surface area (Å²) in [6.07, 6.45) is 4.21. The van der Waals surface area contributed by atoms with Crippen LogP contribution >= 0.6 is 11.6 Å². The molecule has 130 valence electrons. The number of piperidine rings is 1. The molecule has 0 spiro atoms. The molecular weight excluding hydrogens is 332 g/mol. The number of pyridine rings is 1. The van der Waals surface area contributed by atoms with Crippen LogP contribution in [0.1, 0.15) is 37.0 Å². The number of likely N-dealkylation sites (tertiary alicyclic amines) is 1. The van der Waals surface area contributed by atoms with Crippen LogP contribution in [0, 0.1) is 0 Å². The number of amides is 2. The minimum absolute atomic E-state index is 0.105. The highest BCUT2D eigenvalue weighted by atomic mass is 35.5. The summed E-state index contributed by atoms with van der Waals surface area (Å²) in [7, 11) is 0. The smallest absolute Gasteiger partial charge is 0.414 e. The van der Waals surface area contributed by atoms with Crippen molar-refractivity contribution >= 4 is 29.3 Å². The van der Waals surface area contributed by atoms with E-state index in [-0.39, 0.29) is 17.3 Å². The van der Waals surface area contributed by atoms with E-state index in [9.17, 15) is 9.59 Å². The van der Waals surface area contributed by atoms with Crippen molar-refractivity contribution < 1.29 is 14.3 Å². The van der Waals surface area contributed by atoms with Crippen LogP contribution in [0.3, 0.4) is 0 Å².